The second kappa shape index (κ2) is 16.0. The van der Waals surface area contributed by atoms with Crippen LogP contribution in [0.5, 0.6) is 5.75 Å². The van der Waals surface area contributed by atoms with Gasteiger partial charge in [0.2, 0.25) is 0 Å². The van der Waals surface area contributed by atoms with Crippen LogP contribution in [-0.4, -0.2) is 41.4 Å². The first-order valence-corrected chi connectivity index (χ1v) is 13.6. The molecule has 0 bridgehead atoms. The minimum absolute atomic E-state index is 0.143. The van der Waals surface area contributed by atoms with Crippen molar-refractivity contribution < 1.29 is 52.2 Å². The highest BCUT2D eigenvalue weighted by molar-refractivity contribution is 5.87. The number of alkyl carbamates (subject to hydrolysis) is 1. The van der Waals surface area contributed by atoms with Crippen molar-refractivity contribution in [2.24, 2.45) is 0 Å². The molecule has 234 valence electrons. The highest BCUT2D eigenvalue weighted by atomic mass is 19.4. The minimum Gasteiger partial charge on any atom is -0.542 e. The van der Waals surface area contributed by atoms with Gasteiger partial charge < -0.3 is 29.8 Å². The number of carboxylic acids is 2. The summed E-state index contributed by atoms with van der Waals surface area (Å²) < 4.78 is 42.3. The van der Waals surface area contributed by atoms with Crippen molar-refractivity contribution in [3.63, 3.8) is 0 Å². The molecule has 0 saturated carbocycles. The topological polar surface area (TPSA) is 155 Å². The number of benzene rings is 3. The summed E-state index contributed by atoms with van der Waals surface area (Å²) in [4.78, 5) is 38.9. The Balaban J connectivity index is 0.000000676. The first-order valence-electron chi connectivity index (χ1n) is 13.6. The van der Waals surface area contributed by atoms with Crippen LogP contribution in [0.15, 0.2) is 72.9 Å². The molecular weight excluding hydrogens is 583 g/mol. The first-order chi connectivity index (χ1) is 21.0. The number of imidazole rings is 1. The number of ether oxygens (including phenoxy) is 2. The maximum absolute atomic E-state index is 12.6. The first kappa shape index (κ1) is 33.4. The zero-order valence-corrected chi connectivity index (χ0v) is 23.8. The molecule has 13 heteroatoms. The summed E-state index contributed by atoms with van der Waals surface area (Å²) in [6.45, 7) is 0.180. The molecule has 1 heterocycles. The number of halogens is 3. The molecule has 4 rings (SSSR count). The predicted molar refractivity (Wildman–Crippen MR) is 151 cm³/mol. The second-order valence-electron chi connectivity index (χ2n) is 9.71. The number of rotatable bonds is 12. The maximum Gasteiger partial charge on any atom is 0.430 e. The molecule has 44 heavy (non-hydrogen) atoms. The Kier molecular flexibility index (Phi) is 12.1. The fourth-order valence-electron chi connectivity index (χ4n) is 4.23. The van der Waals surface area contributed by atoms with Crippen LogP contribution in [0, 0.1) is 0 Å². The van der Waals surface area contributed by atoms with Crippen molar-refractivity contribution in [3.05, 3.63) is 84.3 Å². The van der Waals surface area contributed by atoms with Crippen molar-refractivity contribution in [3.8, 4) is 17.0 Å². The lowest BCUT2D eigenvalue weighted by Crippen LogP contribution is -2.37. The van der Waals surface area contributed by atoms with Gasteiger partial charge in [-0.3, -0.25) is 4.79 Å². The van der Waals surface area contributed by atoms with Crippen molar-refractivity contribution in [1.29, 1.82) is 0 Å². The van der Waals surface area contributed by atoms with E-state index in [0.29, 0.717) is 12.8 Å². The quantitative estimate of drug-likeness (QED) is 0.190. The van der Waals surface area contributed by atoms with Crippen molar-refractivity contribution in [1.82, 2.24) is 10.3 Å². The van der Waals surface area contributed by atoms with Crippen LogP contribution in [-0.2, 0) is 20.9 Å². The van der Waals surface area contributed by atoms with Gasteiger partial charge in [-0.2, -0.15) is 13.2 Å². The summed E-state index contributed by atoms with van der Waals surface area (Å²) in [7, 11) is 1.65. The smallest absolute Gasteiger partial charge is 0.430 e. The molecule has 1 amide bonds. The minimum atomic E-state index is -5.19. The average Bonchev–Trinajstić information content (AvgIpc) is 3.49. The number of methoxy groups -OCH3 is 1. The fourth-order valence-corrected chi connectivity index (χ4v) is 4.23. The number of fused-ring (bicyclic) bond motifs is 1. The summed E-state index contributed by atoms with van der Waals surface area (Å²) >= 11 is 0. The largest absolute Gasteiger partial charge is 0.542 e. The van der Waals surface area contributed by atoms with Gasteiger partial charge in [0.05, 0.1) is 7.11 Å². The van der Waals surface area contributed by atoms with Crippen LogP contribution in [0.1, 0.15) is 49.5 Å². The van der Waals surface area contributed by atoms with Gasteiger partial charge in [-0.1, -0.05) is 55.3 Å². The lowest BCUT2D eigenvalue weighted by molar-refractivity contribution is -0.391. The molecule has 0 unspecified atom stereocenters. The van der Waals surface area contributed by atoms with Gasteiger partial charge in [0.1, 0.15) is 30.6 Å². The molecule has 0 aliphatic heterocycles. The maximum atomic E-state index is 12.6. The third-order valence-electron chi connectivity index (χ3n) is 6.47. The van der Waals surface area contributed by atoms with Crippen LogP contribution in [0.3, 0.4) is 0 Å². The molecular formula is C31H32F3N3O7. The Morgan fingerprint density at radius 3 is 2.34 bits per heavy atom. The highest BCUT2D eigenvalue weighted by Crippen LogP contribution is 2.27. The lowest BCUT2D eigenvalue weighted by Gasteiger charge is -2.14. The van der Waals surface area contributed by atoms with Crippen LogP contribution in [0.2, 0.25) is 0 Å². The standard InChI is InChI=1S/C29H31N3O5.C2HF3O2/c1-36-24-15-14-21-16-23(13-12-22(21)17-24)26-18-30-28(31-26)25(10-6-3-7-11-27(33)34)32-29(35)37-19-20-8-4-2-5-9-20;3-2(4,5)1(6)7/h2,4-5,8-9,12-18,25H,3,6-7,10-11,19H2,1H3,(H,30,31)(H,32,35)(H,33,34);(H,6,7)/t25-;/m0./s1. The summed E-state index contributed by atoms with van der Waals surface area (Å²) in [5.74, 6) is -2.24. The summed E-state index contributed by atoms with van der Waals surface area (Å²) in [5, 5.41) is 22.8. The van der Waals surface area contributed by atoms with Gasteiger partial charge >= 0.3 is 18.2 Å². The lowest BCUT2D eigenvalue weighted by atomic mass is 10.0. The molecule has 0 saturated heterocycles. The molecule has 4 aromatic rings. The summed E-state index contributed by atoms with van der Waals surface area (Å²) in [5.41, 5.74) is 2.81. The van der Waals surface area contributed by atoms with E-state index in [1.807, 2.05) is 66.9 Å². The van der Waals surface area contributed by atoms with Crippen molar-refractivity contribution in [2.45, 2.75) is 50.9 Å². The molecule has 0 aliphatic rings. The van der Waals surface area contributed by atoms with Gasteiger partial charge in [0.15, 0.2) is 5.69 Å². The van der Waals surface area contributed by atoms with E-state index in [1.165, 1.54) is 0 Å². The van der Waals surface area contributed by atoms with Crippen LogP contribution in [0.4, 0.5) is 18.0 Å². The normalized spacial score (nSPS) is 11.6. The number of carboxylic acid groups (broad SMARTS) is 2. The van der Waals surface area contributed by atoms with E-state index in [1.54, 1.807) is 7.11 Å². The fraction of sp³-hybridized carbons (Fsp3) is 0.290. The third-order valence-corrected chi connectivity index (χ3v) is 6.47. The van der Waals surface area contributed by atoms with Gasteiger partial charge in [0.25, 0.3) is 5.82 Å². The monoisotopic (exact) mass is 615 g/mol. The molecule has 0 spiro atoms. The number of aliphatic carboxylic acids is 2. The van der Waals surface area contributed by atoms with Crippen LogP contribution in [0.25, 0.3) is 22.0 Å². The Hall–Kier alpha value is -5.07. The van der Waals surface area contributed by atoms with Crippen LogP contribution < -0.4 is 20.1 Å². The zero-order valence-electron chi connectivity index (χ0n) is 23.8. The van der Waals surface area contributed by atoms with Gasteiger partial charge in [-0.05, 0) is 53.4 Å². The SMILES string of the molecule is COc1ccc2cc(-c3c[nH+]c([C@H](CCCCCC(=O)O)NC(=O)OCc4ccccc4)[nH]3)ccc2c1.O=C([O-])C(F)(F)F. The zero-order chi connectivity index (χ0) is 32.1. The van der Waals surface area contributed by atoms with E-state index in [0.717, 1.165) is 52.0 Å². The molecule has 0 fully saturated rings. The number of H-pyrrole nitrogens is 2. The number of hydrogen-bond donors (Lipinski definition) is 3. The Bertz CT molecular complexity index is 1540. The van der Waals surface area contributed by atoms with E-state index in [4.69, 9.17) is 24.5 Å². The summed E-state index contributed by atoms with van der Waals surface area (Å²) in [6.07, 6.45) is -0.931. The number of aromatic amines is 2. The van der Waals surface area contributed by atoms with E-state index in [-0.39, 0.29) is 19.1 Å². The number of hydrogen-bond acceptors (Lipinski definition) is 6. The van der Waals surface area contributed by atoms with Gasteiger partial charge in [0, 0.05) is 12.0 Å². The molecule has 1 aromatic heterocycles. The molecule has 0 aliphatic carbocycles. The third kappa shape index (κ3) is 10.6. The summed E-state index contributed by atoms with van der Waals surface area (Å²) in [6, 6.07) is 21.3. The second-order valence-corrected chi connectivity index (χ2v) is 9.71. The number of amides is 1. The average molecular weight is 616 g/mol. The number of alkyl halides is 3. The Morgan fingerprint density at radius 1 is 1.00 bits per heavy atom. The molecule has 1 atom stereocenters. The van der Waals surface area contributed by atoms with E-state index >= 15 is 0 Å². The van der Waals surface area contributed by atoms with Crippen molar-refractivity contribution >= 4 is 28.8 Å². The number of unbranched alkanes of at least 4 members (excludes halogenated alkanes) is 2. The van der Waals surface area contributed by atoms with Crippen LogP contribution >= 0.6 is 0 Å². The molecule has 0 radical (unpaired) electrons. The predicted octanol–water partition coefficient (Wildman–Crippen LogP) is 4.96. The van der Waals surface area contributed by atoms with Gasteiger partial charge in [-0.25, -0.2) is 14.8 Å². The Morgan fingerprint density at radius 2 is 1.68 bits per heavy atom. The number of carbonyl (C=O) groups is 3. The number of carbonyl (C=O) groups excluding carboxylic acids is 2. The van der Waals surface area contributed by atoms with Gasteiger partial charge in [-0.15, -0.1) is 0 Å². The number of nitrogens with one attached hydrogen (secondary N) is 3. The van der Waals surface area contributed by atoms with E-state index in [2.05, 4.69) is 21.4 Å². The molecule has 4 N–H and O–H groups in total. The molecule has 10 nitrogen and oxygen atoms in total. The molecule has 3 aromatic carbocycles. The van der Waals surface area contributed by atoms with E-state index < -0.39 is 24.2 Å². The van der Waals surface area contributed by atoms with E-state index in [9.17, 15) is 22.8 Å². The van der Waals surface area contributed by atoms with Crippen molar-refractivity contribution in [2.75, 3.05) is 7.11 Å². The Labute approximate surface area is 250 Å². The highest BCUT2D eigenvalue weighted by Gasteiger charge is 2.29. The number of aromatic nitrogens is 2.